The first-order valence-corrected chi connectivity index (χ1v) is 7.02. The average molecular weight is 340 g/mol. The minimum Gasteiger partial charge on any atom is -0.503 e. The second-order valence-corrected chi connectivity index (χ2v) is 5.51. The minimum absolute atomic E-state index is 0.116. The number of nitrogens with one attached hydrogen (secondary N) is 1. The Kier molecular flexibility index (Phi) is 4.23. The van der Waals surface area contributed by atoms with E-state index < -0.39 is 0 Å². The van der Waals surface area contributed by atoms with E-state index in [-0.39, 0.29) is 5.75 Å². The van der Waals surface area contributed by atoms with Crippen LogP contribution < -0.4 is 10.1 Å². The molecule has 2 aromatic rings. The van der Waals surface area contributed by atoms with Crippen molar-refractivity contribution in [1.29, 1.82) is 0 Å². The molecular weight excluding hydrogens is 322 g/mol. The summed E-state index contributed by atoms with van der Waals surface area (Å²) >= 11 is 3.32. The number of aromatic nitrogens is 2. The molecule has 1 aromatic carbocycles. The number of aryl methyl sites for hydroxylation is 2. The molecule has 108 valence electrons. The van der Waals surface area contributed by atoms with E-state index >= 15 is 0 Å². The quantitative estimate of drug-likeness (QED) is 0.898. The summed E-state index contributed by atoms with van der Waals surface area (Å²) in [6.45, 7) is 4.63. The second-order valence-electron chi connectivity index (χ2n) is 4.65. The summed E-state index contributed by atoms with van der Waals surface area (Å²) in [7, 11) is 3.46. The SMILES string of the molecule is COc1cc(CNc2c(C)nn(C)c2C)cc(Br)c1O. The monoisotopic (exact) mass is 339 g/mol. The predicted octanol–water partition coefficient (Wildman–Crippen LogP) is 3.13. The van der Waals surface area contributed by atoms with Gasteiger partial charge in [-0.25, -0.2) is 0 Å². The lowest BCUT2D eigenvalue weighted by atomic mass is 10.2. The molecule has 1 aromatic heterocycles. The number of halogens is 1. The molecule has 2 rings (SSSR count). The lowest BCUT2D eigenvalue weighted by Crippen LogP contribution is -2.02. The maximum Gasteiger partial charge on any atom is 0.172 e. The van der Waals surface area contributed by atoms with Crippen molar-refractivity contribution in [3.05, 3.63) is 33.6 Å². The van der Waals surface area contributed by atoms with Crippen molar-refractivity contribution in [3.63, 3.8) is 0 Å². The Morgan fingerprint density at radius 2 is 2.10 bits per heavy atom. The molecule has 0 spiro atoms. The van der Waals surface area contributed by atoms with Crippen LogP contribution in [0.2, 0.25) is 0 Å². The van der Waals surface area contributed by atoms with Gasteiger partial charge in [0, 0.05) is 13.6 Å². The van der Waals surface area contributed by atoms with Crippen LogP contribution in [0.5, 0.6) is 11.5 Å². The molecule has 0 amide bonds. The fourth-order valence-electron chi connectivity index (χ4n) is 2.10. The van der Waals surface area contributed by atoms with E-state index in [0.29, 0.717) is 16.8 Å². The van der Waals surface area contributed by atoms with Crippen molar-refractivity contribution in [3.8, 4) is 11.5 Å². The number of aromatic hydroxyl groups is 1. The highest BCUT2D eigenvalue weighted by atomic mass is 79.9. The van der Waals surface area contributed by atoms with Crippen molar-refractivity contribution in [2.24, 2.45) is 7.05 Å². The van der Waals surface area contributed by atoms with Crippen LogP contribution in [0.3, 0.4) is 0 Å². The van der Waals surface area contributed by atoms with Crippen molar-refractivity contribution in [2.45, 2.75) is 20.4 Å². The van der Waals surface area contributed by atoms with Crippen LogP contribution in [0.15, 0.2) is 16.6 Å². The summed E-state index contributed by atoms with van der Waals surface area (Å²) in [6, 6.07) is 3.68. The number of nitrogens with zero attached hydrogens (tertiary/aromatic N) is 2. The predicted molar refractivity (Wildman–Crippen MR) is 82.4 cm³/mol. The minimum atomic E-state index is 0.116. The Bertz CT molecular complexity index is 638. The number of hydrogen-bond donors (Lipinski definition) is 2. The van der Waals surface area contributed by atoms with Crippen LogP contribution in [-0.4, -0.2) is 22.0 Å². The molecule has 0 saturated carbocycles. The van der Waals surface area contributed by atoms with E-state index in [4.69, 9.17) is 4.74 Å². The molecule has 5 nitrogen and oxygen atoms in total. The lowest BCUT2D eigenvalue weighted by molar-refractivity contribution is 0.371. The van der Waals surface area contributed by atoms with Crippen LogP contribution in [0.4, 0.5) is 5.69 Å². The molecule has 0 fully saturated rings. The van der Waals surface area contributed by atoms with E-state index in [9.17, 15) is 5.11 Å². The zero-order valence-corrected chi connectivity index (χ0v) is 13.6. The van der Waals surface area contributed by atoms with Crippen molar-refractivity contribution in [1.82, 2.24) is 9.78 Å². The molecule has 0 aliphatic heterocycles. The lowest BCUT2D eigenvalue weighted by Gasteiger charge is -2.11. The van der Waals surface area contributed by atoms with Crippen molar-refractivity contribution >= 4 is 21.6 Å². The van der Waals surface area contributed by atoms with Gasteiger partial charge in [0.05, 0.1) is 28.7 Å². The third-order valence-corrected chi connectivity index (χ3v) is 3.89. The molecule has 0 atom stereocenters. The van der Waals surface area contributed by atoms with E-state index in [2.05, 4.69) is 26.3 Å². The van der Waals surface area contributed by atoms with Crippen LogP contribution in [-0.2, 0) is 13.6 Å². The Hall–Kier alpha value is -1.69. The molecular formula is C14H18BrN3O2. The normalized spacial score (nSPS) is 10.7. The molecule has 0 unspecified atom stereocenters. The standard InChI is InChI=1S/C14H18BrN3O2/c1-8-13(9(2)18(3)17-8)16-7-10-5-11(15)14(19)12(6-10)20-4/h5-6,16,19H,7H2,1-4H3. The van der Waals surface area contributed by atoms with Crippen LogP contribution >= 0.6 is 15.9 Å². The highest BCUT2D eigenvalue weighted by molar-refractivity contribution is 9.10. The molecule has 2 N–H and O–H groups in total. The number of methoxy groups -OCH3 is 1. The molecule has 0 radical (unpaired) electrons. The van der Waals surface area contributed by atoms with Gasteiger partial charge in [-0.2, -0.15) is 5.10 Å². The van der Waals surface area contributed by atoms with Gasteiger partial charge in [0.1, 0.15) is 0 Å². The summed E-state index contributed by atoms with van der Waals surface area (Å²) in [6.07, 6.45) is 0. The van der Waals surface area contributed by atoms with Crippen molar-refractivity contribution in [2.75, 3.05) is 12.4 Å². The second kappa shape index (κ2) is 5.75. The summed E-state index contributed by atoms with van der Waals surface area (Å²) in [5.41, 5.74) is 4.10. The number of rotatable bonds is 4. The van der Waals surface area contributed by atoms with Gasteiger partial charge in [-0.05, 0) is 47.5 Å². The van der Waals surface area contributed by atoms with Gasteiger partial charge in [0.25, 0.3) is 0 Å². The van der Waals surface area contributed by atoms with E-state index in [1.807, 2.05) is 37.7 Å². The third kappa shape index (κ3) is 2.75. The Balaban J connectivity index is 2.21. The summed E-state index contributed by atoms with van der Waals surface area (Å²) in [5, 5.41) is 17.5. The Morgan fingerprint density at radius 3 is 2.65 bits per heavy atom. The van der Waals surface area contributed by atoms with E-state index in [1.54, 1.807) is 0 Å². The maximum atomic E-state index is 9.79. The average Bonchev–Trinajstić information content (AvgIpc) is 2.65. The molecule has 0 aliphatic rings. The first-order chi connectivity index (χ1) is 9.43. The van der Waals surface area contributed by atoms with Crippen LogP contribution in [0, 0.1) is 13.8 Å². The van der Waals surface area contributed by atoms with Gasteiger partial charge in [0.2, 0.25) is 0 Å². The number of ether oxygens (including phenoxy) is 1. The largest absolute Gasteiger partial charge is 0.503 e. The first-order valence-electron chi connectivity index (χ1n) is 6.23. The Morgan fingerprint density at radius 1 is 1.40 bits per heavy atom. The van der Waals surface area contributed by atoms with Crippen LogP contribution in [0.1, 0.15) is 17.0 Å². The highest BCUT2D eigenvalue weighted by Gasteiger charge is 2.11. The van der Waals surface area contributed by atoms with Gasteiger partial charge in [-0.1, -0.05) is 0 Å². The number of hydrogen-bond acceptors (Lipinski definition) is 4. The molecule has 0 bridgehead atoms. The highest BCUT2D eigenvalue weighted by Crippen LogP contribution is 2.35. The van der Waals surface area contributed by atoms with Gasteiger partial charge in [0.15, 0.2) is 11.5 Å². The topological polar surface area (TPSA) is 59.3 Å². The van der Waals surface area contributed by atoms with Crippen molar-refractivity contribution < 1.29 is 9.84 Å². The zero-order chi connectivity index (χ0) is 14.9. The molecule has 0 saturated heterocycles. The van der Waals surface area contributed by atoms with Gasteiger partial charge in [-0.15, -0.1) is 0 Å². The smallest absolute Gasteiger partial charge is 0.172 e. The fraction of sp³-hybridized carbons (Fsp3) is 0.357. The summed E-state index contributed by atoms with van der Waals surface area (Å²) < 4.78 is 7.62. The Labute approximate surface area is 126 Å². The summed E-state index contributed by atoms with van der Waals surface area (Å²) in [4.78, 5) is 0. The number of anilines is 1. The zero-order valence-electron chi connectivity index (χ0n) is 12.0. The van der Waals surface area contributed by atoms with Gasteiger partial charge < -0.3 is 15.2 Å². The summed E-state index contributed by atoms with van der Waals surface area (Å²) in [5.74, 6) is 0.570. The van der Waals surface area contributed by atoms with E-state index in [0.717, 1.165) is 22.6 Å². The van der Waals surface area contributed by atoms with Gasteiger partial charge in [-0.3, -0.25) is 4.68 Å². The molecule has 1 heterocycles. The molecule has 20 heavy (non-hydrogen) atoms. The first kappa shape index (κ1) is 14.7. The molecule has 0 aliphatic carbocycles. The number of phenolic OH excluding ortho intramolecular Hbond substituents is 1. The molecule has 6 heteroatoms. The fourth-order valence-corrected chi connectivity index (χ4v) is 2.59. The maximum absolute atomic E-state index is 9.79. The number of benzene rings is 1. The van der Waals surface area contributed by atoms with Gasteiger partial charge >= 0.3 is 0 Å². The van der Waals surface area contributed by atoms with E-state index in [1.165, 1.54) is 7.11 Å². The third-order valence-electron chi connectivity index (χ3n) is 3.29. The van der Waals surface area contributed by atoms with Crippen LogP contribution in [0.25, 0.3) is 0 Å². The number of phenols is 1.